The molecule has 1 aliphatic carbocycles. The molecule has 0 atom stereocenters. The van der Waals surface area contributed by atoms with Crippen molar-refractivity contribution in [3.63, 3.8) is 0 Å². The fraction of sp³-hybridized carbons (Fsp3) is 0.500. The van der Waals surface area contributed by atoms with Crippen molar-refractivity contribution < 1.29 is 4.39 Å². The highest BCUT2D eigenvalue weighted by atomic mass is 19.1. The van der Waals surface area contributed by atoms with Gasteiger partial charge >= 0.3 is 0 Å². The molecule has 0 spiro atoms. The van der Waals surface area contributed by atoms with Crippen LogP contribution in [0.1, 0.15) is 39.2 Å². The number of rotatable bonds is 3. The monoisotopic (exact) mass is 247 g/mol. The van der Waals surface area contributed by atoms with Crippen molar-refractivity contribution in [2.24, 2.45) is 0 Å². The van der Waals surface area contributed by atoms with Crippen LogP contribution < -0.4 is 5.32 Å². The van der Waals surface area contributed by atoms with E-state index in [0.29, 0.717) is 0 Å². The minimum Gasteiger partial charge on any atom is -0.311 e. The summed E-state index contributed by atoms with van der Waals surface area (Å²) in [4.78, 5) is 0. The Kier molecular flexibility index (Phi) is 3.58. The SMILES string of the molecule is CC(C)(C)NCC1(c2ccccc2F)CC=CC1. The molecule has 0 heterocycles. The Morgan fingerprint density at radius 3 is 2.33 bits per heavy atom. The second-order valence-electron chi connectivity index (χ2n) is 6.24. The fourth-order valence-electron chi connectivity index (χ4n) is 2.49. The van der Waals surface area contributed by atoms with E-state index in [1.807, 2.05) is 12.1 Å². The van der Waals surface area contributed by atoms with Gasteiger partial charge in [0, 0.05) is 17.5 Å². The van der Waals surface area contributed by atoms with Crippen LogP contribution in [0.4, 0.5) is 4.39 Å². The standard InChI is InChI=1S/C16H22FN/c1-15(2,3)18-12-16(10-6-7-11-16)13-8-4-5-9-14(13)17/h4-9,18H,10-12H2,1-3H3. The molecule has 1 aliphatic rings. The molecule has 1 N–H and O–H groups in total. The maximum absolute atomic E-state index is 14.1. The van der Waals surface area contributed by atoms with E-state index < -0.39 is 0 Å². The Hall–Kier alpha value is -1.15. The molecule has 2 rings (SSSR count). The molecule has 0 bridgehead atoms. The third kappa shape index (κ3) is 2.81. The summed E-state index contributed by atoms with van der Waals surface area (Å²) in [5.74, 6) is -0.0862. The van der Waals surface area contributed by atoms with Crippen LogP contribution in [0.15, 0.2) is 36.4 Å². The number of benzene rings is 1. The summed E-state index contributed by atoms with van der Waals surface area (Å²) in [6.07, 6.45) is 6.15. The molecule has 0 amide bonds. The van der Waals surface area contributed by atoms with Gasteiger partial charge in [-0.3, -0.25) is 0 Å². The minimum atomic E-state index is -0.112. The van der Waals surface area contributed by atoms with Gasteiger partial charge in [0.15, 0.2) is 0 Å². The summed E-state index contributed by atoms with van der Waals surface area (Å²) >= 11 is 0. The first-order chi connectivity index (χ1) is 8.43. The van der Waals surface area contributed by atoms with E-state index in [9.17, 15) is 4.39 Å². The van der Waals surface area contributed by atoms with Crippen LogP contribution in [-0.2, 0) is 5.41 Å². The summed E-state index contributed by atoms with van der Waals surface area (Å²) in [5.41, 5.74) is 0.784. The van der Waals surface area contributed by atoms with Gasteiger partial charge in [-0.05, 0) is 45.2 Å². The molecule has 98 valence electrons. The van der Waals surface area contributed by atoms with Crippen molar-refractivity contribution in [1.82, 2.24) is 5.32 Å². The zero-order valence-corrected chi connectivity index (χ0v) is 11.5. The predicted molar refractivity (Wildman–Crippen MR) is 74.2 cm³/mol. The molecule has 0 aliphatic heterocycles. The maximum Gasteiger partial charge on any atom is 0.127 e. The van der Waals surface area contributed by atoms with E-state index in [4.69, 9.17) is 0 Å². The topological polar surface area (TPSA) is 12.0 Å². The highest BCUT2D eigenvalue weighted by Crippen LogP contribution is 2.38. The number of nitrogens with one attached hydrogen (secondary N) is 1. The van der Waals surface area contributed by atoms with Gasteiger partial charge in [-0.15, -0.1) is 0 Å². The average Bonchev–Trinajstić information content (AvgIpc) is 2.76. The van der Waals surface area contributed by atoms with Crippen LogP contribution in [0.2, 0.25) is 0 Å². The lowest BCUT2D eigenvalue weighted by atomic mass is 9.77. The molecule has 0 saturated heterocycles. The van der Waals surface area contributed by atoms with Gasteiger partial charge in [0.05, 0.1) is 0 Å². The number of allylic oxidation sites excluding steroid dienone is 2. The molecular formula is C16H22FN. The molecule has 0 radical (unpaired) electrons. The van der Waals surface area contributed by atoms with Crippen molar-refractivity contribution in [2.75, 3.05) is 6.54 Å². The zero-order chi connectivity index (χ0) is 13.2. The van der Waals surface area contributed by atoms with Crippen molar-refractivity contribution in [3.05, 3.63) is 47.8 Å². The van der Waals surface area contributed by atoms with Gasteiger partial charge in [0.25, 0.3) is 0 Å². The van der Waals surface area contributed by atoms with Gasteiger partial charge in [-0.25, -0.2) is 4.39 Å². The van der Waals surface area contributed by atoms with Crippen molar-refractivity contribution in [1.29, 1.82) is 0 Å². The smallest absolute Gasteiger partial charge is 0.127 e. The first-order valence-electron chi connectivity index (χ1n) is 6.58. The first kappa shape index (κ1) is 13.3. The molecular weight excluding hydrogens is 225 g/mol. The van der Waals surface area contributed by atoms with Gasteiger partial charge in [-0.2, -0.15) is 0 Å². The van der Waals surface area contributed by atoms with E-state index >= 15 is 0 Å². The van der Waals surface area contributed by atoms with Gasteiger partial charge in [0.1, 0.15) is 5.82 Å². The van der Waals surface area contributed by atoms with Crippen molar-refractivity contribution in [2.45, 2.75) is 44.6 Å². The number of hydrogen-bond donors (Lipinski definition) is 1. The summed E-state index contributed by atoms with van der Waals surface area (Å²) in [6, 6.07) is 7.17. The summed E-state index contributed by atoms with van der Waals surface area (Å²) in [6.45, 7) is 7.24. The summed E-state index contributed by atoms with van der Waals surface area (Å²) in [7, 11) is 0. The Bertz CT molecular complexity index is 435. The molecule has 0 fully saturated rings. The Labute approximate surface area is 109 Å². The Morgan fingerprint density at radius 2 is 1.78 bits per heavy atom. The van der Waals surface area contributed by atoms with E-state index in [0.717, 1.165) is 24.9 Å². The molecule has 0 saturated carbocycles. The van der Waals surface area contributed by atoms with Crippen LogP contribution >= 0.6 is 0 Å². The lowest BCUT2D eigenvalue weighted by Gasteiger charge is -2.34. The molecule has 0 unspecified atom stereocenters. The molecule has 18 heavy (non-hydrogen) atoms. The van der Waals surface area contributed by atoms with Crippen LogP contribution in [-0.4, -0.2) is 12.1 Å². The van der Waals surface area contributed by atoms with Crippen LogP contribution in [0.5, 0.6) is 0 Å². The van der Waals surface area contributed by atoms with E-state index in [-0.39, 0.29) is 16.8 Å². The molecule has 1 nitrogen and oxygen atoms in total. The first-order valence-corrected chi connectivity index (χ1v) is 6.58. The van der Waals surface area contributed by atoms with Gasteiger partial charge < -0.3 is 5.32 Å². The maximum atomic E-state index is 14.1. The predicted octanol–water partition coefficient (Wildman–Crippen LogP) is 3.80. The normalized spacial score (nSPS) is 18.2. The molecule has 0 aromatic heterocycles. The molecule has 1 aromatic rings. The average molecular weight is 247 g/mol. The van der Waals surface area contributed by atoms with Gasteiger partial charge in [-0.1, -0.05) is 30.4 Å². The van der Waals surface area contributed by atoms with Crippen molar-refractivity contribution >= 4 is 0 Å². The summed E-state index contributed by atoms with van der Waals surface area (Å²) in [5, 5.41) is 3.52. The van der Waals surface area contributed by atoms with E-state index in [1.165, 1.54) is 0 Å². The van der Waals surface area contributed by atoms with E-state index in [1.54, 1.807) is 12.1 Å². The zero-order valence-electron chi connectivity index (χ0n) is 11.5. The van der Waals surface area contributed by atoms with Gasteiger partial charge in [0.2, 0.25) is 0 Å². The quantitative estimate of drug-likeness (QED) is 0.801. The minimum absolute atomic E-state index is 0.0564. The number of hydrogen-bond acceptors (Lipinski definition) is 1. The second kappa shape index (κ2) is 4.85. The third-order valence-corrected chi connectivity index (χ3v) is 3.59. The summed E-state index contributed by atoms with van der Waals surface area (Å²) < 4.78 is 14.1. The van der Waals surface area contributed by atoms with Crippen LogP contribution in [0, 0.1) is 5.82 Å². The van der Waals surface area contributed by atoms with Crippen LogP contribution in [0.3, 0.4) is 0 Å². The molecule has 2 heteroatoms. The van der Waals surface area contributed by atoms with Crippen LogP contribution in [0.25, 0.3) is 0 Å². The van der Waals surface area contributed by atoms with Crippen molar-refractivity contribution in [3.8, 4) is 0 Å². The Morgan fingerprint density at radius 1 is 1.17 bits per heavy atom. The highest BCUT2D eigenvalue weighted by molar-refractivity contribution is 5.32. The number of halogens is 1. The lowest BCUT2D eigenvalue weighted by molar-refractivity contribution is 0.332. The van der Waals surface area contributed by atoms with E-state index in [2.05, 4.69) is 38.2 Å². The second-order valence-corrected chi connectivity index (χ2v) is 6.24. The lowest BCUT2D eigenvalue weighted by Crippen LogP contribution is -2.45. The third-order valence-electron chi connectivity index (χ3n) is 3.59. The Balaban J connectivity index is 2.25. The fourth-order valence-corrected chi connectivity index (χ4v) is 2.49. The highest BCUT2D eigenvalue weighted by Gasteiger charge is 2.35. The molecule has 1 aromatic carbocycles. The largest absolute Gasteiger partial charge is 0.311 e.